The summed E-state index contributed by atoms with van der Waals surface area (Å²) in [6, 6.07) is 9.86. The molecule has 1 N–H and O–H groups in total. The molecule has 1 fully saturated rings. The Labute approximate surface area is 103 Å². The summed E-state index contributed by atoms with van der Waals surface area (Å²) in [5.41, 5.74) is 0.717. The Morgan fingerprint density at radius 1 is 1.18 bits per heavy atom. The van der Waals surface area contributed by atoms with E-state index in [9.17, 15) is 5.11 Å². The second-order valence-electron chi connectivity index (χ2n) is 5.07. The second-order valence-corrected chi connectivity index (χ2v) is 5.07. The first-order chi connectivity index (χ1) is 8.12. The van der Waals surface area contributed by atoms with Crippen LogP contribution < -0.4 is 0 Å². The van der Waals surface area contributed by atoms with Crippen LogP contribution in [0.15, 0.2) is 30.3 Å². The number of aliphatic hydroxyl groups is 1. The molecule has 1 aliphatic rings. The van der Waals surface area contributed by atoms with E-state index in [2.05, 4.69) is 18.7 Å². The molecule has 1 atom stereocenters. The fourth-order valence-electron chi connectivity index (χ4n) is 2.36. The number of ether oxygens (including phenoxy) is 1. The summed E-state index contributed by atoms with van der Waals surface area (Å²) >= 11 is 0. The average Bonchev–Trinajstić information content (AvgIpc) is 2.40. The van der Waals surface area contributed by atoms with E-state index in [4.69, 9.17) is 4.74 Å². The van der Waals surface area contributed by atoms with E-state index in [0.717, 1.165) is 31.9 Å². The van der Waals surface area contributed by atoms with Crippen LogP contribution in [0, 0.1) is 0 Å². The first-order valence-electron chi connectivity index (χ1n) is 6.18. The van der Waals surface area contributed by atoms with Crippen molar-refractivity contribution in [2.45, 2.75) is 25.5 Å². The maximum atomic E-state index is 10.5. The Morgan fingerprint density at radius 3 is 2.35 bits per heavy atom. The molecule has 17 heavy (non-hydrogen) atoms. The van der Waals surface area contributed by atoms with Gasteiger partial charge in [0.1, 0.15) is 0 Å². The van der Waals surface area contributed by atoms with Crippen LogP contribution in [-0.2, 0) is 4.74 Å². The number of rotatable bonds is 3. The molecular formula is C14H21NO2. The molecule has 0 aromatic heterocycles. The van der Waals surface area contributed by atoms with Gasteiger partial charge in [0, 0.05) is 18.6 Å². The third-order valence-electron chi connectivity index (χ3n) is 3.61. The number of morpholine rings is 1. The van der Waals surface area contributed by atoms with Gasteiger partial charge in [-0.05, 0) is 19.4 Å². The zero-order valence-corrected chi connectivity index (χ0v) is 10.6. The van der Waals surface area contributed by atoms with E-state index >= 15 is 0 Å². The zero-order valence-electron chi connectivity index (χ0n) is 10.6. The van der Waals surface area contributed by atoms with Crippen LogP contribution in [0.1, 0.15) is 25.5 Å². The molecule has 0 spiro atoms. The first-order valence-corrected chi connectivity index (χ1v) is 6.18. The molecule has 0 aliphatic carbocycles. The third kappa shape index (κ3) is 2.68. The van der Waals surface area contributed by atoms with Gasteiger partial charge >= 0.3 is 0 Å². The highest BCUT2D eigenvalue weighted by Crippen LogP contribution is 2.31. The molecule has 1 aromatic carbocycles. The van der Waals surface area contributed by atoms with E-state index in [-0.39, 0.29) is 5.54 Å². The van der Waals surface area contributed by atoms with Gasteiger partial charge in [-0.3, -0.25) is 4.90 Å². The van der Waals surface area contributed by atoms with Crippen LogP contribution in [-0.4, -0.2) is 41.8 Å². The van der Waals surface area contributed by atoms with E-state index in [0.29, 0.717) is 0 Å². The Morgan fingerprint density at radius 2 is 1.76 bits per heavy atom. The minimum atomic E-state index is -0.471. The van der Waals surface area contributed by atoms with E-state index < -0.39 is 6.10 Å². The lowest BCUT2D eigenvalue weighted by atomic mass is 9.89. The Hall–Kier alpha value is -0.900. The summed E-state index contributed by atoms with van der Waals surface area (Å²) in [4.78, 5) is 2.30. The monoisotopic (exact) mass is 235 g/mol. The molecule has 94 valence electrons. The van der Waals surface area contributed by atoms with Crippen molar-refractivity contribution in [3.63, 3.8) is 0 Å². The normalized spacial score (nSPS) is 20.2. The molecule has 0 radical (unpaired) electrons. The smallest absolute Gasteiger partial charge is 0.0968 e. The van der Waals surface area contributed by atoms with Crippen LogP contribution in [0.5, 0.6) is 0 Å². The molecule has 2 rings (SSSR count). The van der Waals surface area contributed by atoms with Gasteiger partial charge in [-0.15, -0.1) is 0 Å². The quantitative estimate of drug-likeness (QED) is 0.867. The van der Waals surface area contributed by atoms with Crippen molar-refractivity contribution in [3.05, 3.63) is 35.9 Å². The van der Waals surface area contributed by atoms with Gasteiger partial charge in [0.25, 0.3) is 0 Å². The van der Waals surface area contributed by atoms with Crippen molar-refractivity contribution in [2.24, 2.45) is 0 Å². The minimum absolute atomic E-state index is 0.259. The topological polar surface area (TPSA) is 32.7 Å². The largest absolute Gasteiger partial charge is 0.386 e. The lowest BCUT2D eigenvalue weighted by Gasteiger charge is -2.43. The molecule has 3 nitrogen and oxygen atoms in total. The fraction of sp³-hybridized carbons (Fsp3) is 0.571. The fourth-order valence-corrected chi connectivity index (χ4v) is 2.36. The maximum absolute atomic E-state index is 10.5. The second kappa shape index (κ2) is 5.17. The van der Waals surface area contributed by atoms with Gasteiger partial charge < -0.3 is 9.84 Å². The molecule has 1 unspecified atom stereocenters. The minimum Gasteiger partial charge on any atom is -0.386 e. The van der Waals surface area contributed by atoms with Crippen molar-refractivity contribution < 1.29 is 9.84 Å². The summed E-state index contributed by atoms with van der Waals surface area (Å²) in [7, 11) is 0. The summed E-state index contributed by atoms with van der Waals surface area (Å²) in [6.07, 6.45) is -0.471. The van der Waals surface area contributed by atoms with Gasteiger partial charge in [-0.1, -0.05) is 30.3 Å². The molecule has 1 saturated heterocycles. The summed E-state index contributed by atoms with van der Waals surface area (Å²) < 4.78 is 5.36. The first kappa shape index (κ1) is 12.6. The number of benzene rings is 1. The van der Waals surface area contributed by atoms with Crippen LogP contribution in [0.25, 0.3) is 0 Å². The summed E-state index contributed by atoms with van der Waals surface area (Å²) in [5, 5.41) is 10.5. The molecule has 0 saturated carbocycles. The summed E-state index contributed by atoms with van der Waals surface area (Å²) in [6.45, 7) is 7.47. The van der Waals surface area contributed by atoms with Crippen LogP contribution in [0.3, 0.4) is 0 Å². The average molecular weight is 235 g/mol. The maximum Gasteiger partial charge on any atom is 0.0968 e. The Kier molecular flexibility index (Phi) is 3.82. The lowest BCUT2D eigenvalue weighted by molar-refractivity contribution is -0.0630. The Balaban J connectivity index is 2.13. The number of nitrogens with zero attached hydrogens (tertiary/aromatic N) is 1. The van der Waals surface area contributed by atoms with Gasteiger partial charge in [0.15, 0.2) is 0 Å². The predicted molar refractivity (Wildman–Crippen MR) is 67.9 cm³/mol. The molecule has 1 aliphatic heterocycles. The SMILES string of the molecule is CC(C)(C(O)c1ccccc1)N1CCOCC1. The van der Waals surface area contributed by atoms with Crippen molar-refractivity contribution >= 4 is 0 Å². The highest BCUT2D eigenvalue weighted by molar-refractivity contribution is 5.20. The van der Waals surface area contributed by atoms with E-state index in [1.54, 1.807) is 0 Å². The van der Waals surface area contributed by atoms with Gasteiger partial charge in [0.2, 0.25) is 0 Å². The van der Waals surface area contributed by atoms with E-state index in [1.165, 1.54) is 0 Å². The number of hydrogen-bond donors (Lipinski definition) is 1. The predicted octanol–water partition coefficient (Wildman–Crippen LogP) is 1.83. The van der Waals surface area contributed by atoms with E-state index in [1.807, 2.05) is 30.3 Å². The van der Waals surface area contributed by atoms with Gasteiger partial charge in [0.05, 0.1) is 19.3 Å². The molecule has 0 amide bonds. The highest BCUT2D eigenvalue weighted by Gasteiger charge is 2.35. The highest BCUT2D eigenvalue weighted by atomic mass is 16.5. The molecule has 0 bridgehead atoms. The van der Waals surface area contributed by atoms with Crippen molar-refractivity contribution in [2.75, 3.05) is 26.3 Å². The van der Waals surface area contributed by atoms with Crippen LogP contribution in [0.4, 0.5) is 0 Å². The van der Waals surface area contributed by atoms with Crippen molar-refractivity contribution in [3.8, 4) is 0 Å². The number of hydrogen-bond acceptors (Lipinski definition) is 3. The number of aliphatic hydroxyl groups excluding tert-OH is 1. The van der Waals surface area contributed by atoms with Gasteiger partial charge in [-0.2, -0.15) is 0 Å². The van der Waals surface area contributed by atoms with Crippen LogP contribution in [0.2, 0.25) is 0 Å². The lowest BCUT2D eigenvalue weighted by Crippen LogP contribution is -2.53. The third-order valence-corrected chi connectivity index (χ3v) is 3.61. The van der Waals surface area contributed by atoms with Crippen molar-refractivity contribution in [1.29, 1.82) is 0 Å². The van der Waals surface area contributed by atoms with Crippen molar-refractivity contribution in [1.82, 2.24) is 4.90 Å². The van der Waals surface area contributed by atoms with Gasteiger partial charge in [-0.25, -0.2) is 0 Å². The zero-order chi connectivity index (χ0) is 12.3. The Bertz CT molecular complexity index is 344. The molecule has 1 heterocycles. The summed E-state index contributed by atoms with van der Waals surface area (Å²) in [5.74, 6) is 0. The molecule has 1 aromatic rings. The molecule has 3 heteroatoms. The molecular weight excluding hydrogens is 214 g/mol. The standard InChI is InChI=1S/C14H21NO2/c1-14(2,15-8-10-17-11-9-15)13(16)12-6-4-3-5-7-12/h3-7,13,16H,8-11H2,1-2H3. The van der Waals surface area contributed by atoms with Crippen LogP contribution >= 0.6 is 0 Å².